The van der Waals surface area contributed by atoms with E-state index in [9.17, 15) is 14.4 Å². The molecule has 10 nitrogen and oxygen atoms in total. The SMILES string of the molecule is CCOC(=O)NN=CN1CCCC(CC(C(=O)OC)[C@@H](C)NC(=O)c2ccc(-c3ccccc3)cc2CN)C1. The quantitative estimate of drug-likeness (QED) is 0.173. The summed E-state index contributed by atoms with van der Waals surface area (Å²) in [4.78, 5) is 39.5. The minimum atomic E-state index is -0.606. The molecule has 0 bridgehead atoms. The van der Waals surface area contributed by atoms with Crippen molar-refractivity contribution in [1.82, 2.24) is 15.6 Å². The van der Waals surface area contributed by atoms with Crippen LogP contribution in [0.4, 0.5) is 4.79 Å². The second-order valence-corrected chi connectivity index (χ2v) is 9.65. The maximum atomic E-state index is 13.3. The number of hydrogen-bond donors (Lipinski definition) is 3. The van der Waals surface area contributed by atoms with Gasteiger partial charge in [0.15, 0.2) is 0 Å². The lowest BCUT2D eigenvalue weighted by Crippen LogP contribution is -2.44. The van der Waals surface area contributed by atoms with E-state index in [1.54, 1.807) is 19.3 Å². The van der Waals surface area contributed by atoms with Gasteiger partial charge in [-0.3, -0.25) is 9.59 Å². The number of piperidine rings is 1. The number of methoxy groups -OCH3 is 1. The van der Waals surface area contributed by atoms with Crippen molar-refractivity contribution in [3.63, 3.8) is 0 Å². The van der Waals surface area contributed by atoms with Gasteiger partial charge in [-0.1, -0.05) is 36.4 Å². The molecule has 2 amide bonds. The van der Waals surface area contributed by atoms with Crippen molar-refractivity contribution in [3.8, 4) is 11.1 Å². The van der Waals surface area contributed by atoms with E-state index in [0.29, 0.717) is 18.5 Å². The molecule has 10 heteroatoms. The van der Waals surface area contributed by atoms with E-state index in [4.69, 9.17) is 15.2 Å². The number of nitrogens with one attached hydrogen (secondary N) is 2. The maximum absolute atomic E-state index is 13.3. The van der Waals surface area contributed by atoms with Gasteiger partial charge >= 0.3 is 12.1 Å². The third-order valence-electron chi connectivity index (χ3n) is 6.93. The Kier molecular flexibility index (Phi) is 11.3. The Bertz CT molecular complexity index is 1140. The Morgan fingerprint density at radius 1 is 1.18 bits per heavy atom. The number of hydrogen-bond acceptors (Lipinski definition) is 7. The third kappa shape index (κ3) is 8.54. The van der Waals surface area contributed by atoms with Crippen LogP contribution < -0.4 is 16.5 Å². The van der Waals surface area contributed by atoms with Crippen molar-refractivity contribution < 1.29 is 23.9 Å². The molecule has 2 aromatic carbocycles. The number of nitrogens with zero attached hydrogens (tertiary/aromatic N) is 2. The smallest absolute Gasteiger partial charge is 0.427 e. The highest BCUT2D eigenvalue weighted by Crippen LogP contribution is 2.27. The predicted octanol–water partition coefficient (Wildman–Crippen LogP) is 3.51. The summed E-state index contributed by atoms with van der Waals surface area (Å²) in [5.74, 6) is -0.987. The molecule has 1 aliphatic rings. The second-order valence-electron chi connectivity index (χ2n) is 9.65. The van der Waals surface area contributed by atoms with Crippen LogP contribution >= 0.6 is 0 Å². The highest BCUT2D eigenvalue weighted by Gasteiger charge is 2.32. The fourth-order valence-electron chi connectivity index (χ4n) is 4.92. The molecule has 1 heterocycles. The average molecular weight is 538 g/mol. The van der Waals surface area contributed by atoms with Gasteiger partial charge in [-0.2, -0.15) is 5.10 Å². The lowest BCUT2D eigenvalue weighted by molar-refractivity contribution is -0.147. The number of ether oxygens (including phenoxy) is 2. The summed E-state index contributed by atoms with van der Waals surface area (Å²) < 4.78 is 9.90. The zero-order valence-electron chi connectivity index (χ0n) is 22.9. The van der Waals surface area contributed by atoms with E-state index in [1.165, 1.54) is 7.11 Å². The zero-order chi connectivity index (χ0) is 28.2. The summed E-state index contributed by atoms with van der Waals surface area (Å²) in [7, 11) is 1.36. The van der Waals surface area contributed by atoms with Crippen molar-refractivity contribution in [2.45, 2.75) is 45.7 Å². The first kappa shape index (κ1) is 29.6. The number of hydrazone groups is 1. The molecule has 210 valence electrons. The molecule has 3 rings (SSSR count). The molecule has 0 aromatic heterocycles. The fraction of sp³-hybridized carbons (Fsp3) is 0.448. The molecular formula is C29H39N5O5. The van der Waals surface area contributed by atoms with Crippen LogP contribution in [-0.4, -0.2) is 62.1 Å². The molecule has 1 saturated heterocycles. The van der Waals surface area contributed by atoms with Crippen LogP contribution in [0.15, 0.2) is 53.6 Å². The first-order valence-electron chi connectivity index (χ1n) is 13.3. The number of likely N-dealkylation sites (tertiary alicyclic amines) is 1. The largest absolute Gasteiger partial charge is 0.469 e. The van der Waals surface area contributed by atoms with E-state index in [2.05, 4.69) is 15.8 Å². The number of benzene rings is 2. The standard InChI is InChI=1S/C29H39N5O5/c1-4-39-29(37)33-31-19-34-14-8-9-21(18-34)15-26(28(36)38-3)20(2)32-27(35)25-13-12-23(16-24(25)17-30)22-10-6-5-7-11-22/h5-7,10-13,16,19-21,26H,4,8-9,14-15,17-18,30H2,1-3H3,(H,32,35)(H,33,37)/t20-,21?,26?/m1/s1. The number of esters is 1. The lowest BCUT2D eigenvalue weighted by atomic mass is 9.85. The van der Waals surface area contributed by atoms with Crippen molar-refractivity contribution in [2.75, 3.05) is 26.8 Å². The van der Waals surface area contributed by atoms with E-state index in [-0.39, 0.29) is 30.9 Å². The highest BCUT2D eigenvalue weighted by atomic mass is 16.5. The molecule has 0 saturated carbocycles. The summed E-state index contributed by atoms with van der Waals surface area (Å²) in [5.41, 5.74) is 11.6. The Morgan fingerprint density at radius 2 is 1.95 bits per heavy atom. The molecule has 4 N–H and O–H groups in total. The Hall–Kier alpha value is -3.92. The summed E-state index contributed by atoms with van der Waals surface area (Å²) in [5, 5.41) is 6.95. The van der Waals surface area contributed by atoms with Gasteiger partial charge in [0.1, 0.15) is 6.34 Å². The van der Waals surface area contributed by atoms with Crippen molar-refractivity contribution in [2.24, 2.45) is 22.7 Å². The van der Waals surface area contributed by atoms with Crippen molar-refractivity contribution >= 4 is 24.3 Å². The minimum Gasteiger partial charge on any atom is -0.469 e. The molecule has 0 radical (unpaired) electrons. The van der Waals surface area contributed by atoms with Crippen molar-refractivity contribution in [3.05, 3.63) is 59.7 Å². The molecule has 3 atom stereocenters. The van der Waals surface area contributed by atoms with Gasteiger partial charge < -0.3 is 25.4 Å². The lowest BCUT2D eigenvalue weighted by Gasteiger charge is -2.34. The molecule has 39 heavy (non-hydrogen) atoms. The molecule has 1 aliphatic heterocycles. The Labute approximate surface area is 229 Å². The van der Waals surface area contributed by atoms with Gasteiger partial charge in [-0.05, 0) is 67.9 Å². The van der Waals surface area contributed by atoms with Crippen molar-refractivity contribution in [1.29, 1.82) is 0 Å². The number of nitrogens with two attached hydrogens (primary N) is 1. The zero-order valence-corrected chi connectivity index (χ0v) is 22.9. The van der Waals surface area contributed by atoms with Crippen LogP contribution in [0.3, 0.4) is 0 Å². The molecule has 2 unspecified atom stereocenters. The number of amides is 2. The second kappa shape index (κ2) is 14.9. The monoisotopic (exact) mass is 537 g/mol. The number of carbonyl (C=O) groups is 3. The van der Waals surface area contributed by atoms with Gasteiger partial charge in [-0.25, -0.2) is 10.2 Å². The van der Waals surface area contributed by atoms with Gasteiger partial charge in [0, 0.05) is 31.2 Å². The van der Waals surface area contributed by atoms with Crippen LogP contribution in [0.25, 0.3) is 11.1 Å². The van der Waals surface area contributed by atoms with Crippen LogP contribution in [-0.2, 0) is 20.8 Å². The average Bonchev–Trinajstić information content (AvgIpc) is 2.95. The van der Waals surface area contributed by atoms with Gasteiger partial charge in [0.25, 0.3) is 5.91 Å². The summed E-state index contributed by atoms with van der Waals surface area (Å²) in [6.45, 7) is 5.48. The predicted molar refractivity (Wildman–Crippen MR) is 150 cm³/mol. The van der Waals surface area contributed by atoms with Crippen LogP contribution in [0.2, 0.25) is 0 Å². The van der Waals surface area contributed by atoms with E-state index < -0.39 is 18.1 Å². The van der Waals surface area contributed by atoms with Gasteiger partial charge in [0.2, 0.25) is 0 Å². The molecule has 0 aliphatic carbocycles. The fourth-order valence-corrected chi connectivity index (χ4v) is 4.92. The van der Waals surface area contributed by atoms with Crippen LogP contribution in [0, 0.1) is 11.8 Å². The highest BCUT2D eigenvalue weighted by molar-refractivity contribution is 5.96. The number of carbonyl (C=O) groups excluding carboxylic acids is 3. The Morgan fingerprint density at radius 3 is 2.64 bits per heavy atom. The minimum absolute atomic E-state index is 0.181. The summed E-state index contributed by atoms with van der Waals surface area (Å²) in [6, 6.07) is 15.1. The van der Waals surface area contributed by atoms with E-state index in [0.717, 1.165) is 36.1 Å². The maximum Gasteiger partial charge on any atom is 0.427 e. The molecule has 2 aromatic rings. The number of rotatable bonds is 11. The Balaban J connectivity index is 1.65. The normalized spacial score (nSPS) is 16.8. The van der Waals surface area contributed by atoms with Gasteiger partial charge in [-0.15, -0.1) is 0 Å². The molecule has 1 fully saturated rings. The van der Waals surface area contributed by atoms with E-state index >= 15 is 0 Å². The topological polar surface area (TPSA) is 135 Å². The van der Waals surface area contributed by atoms with Crippen LogP contribution in [0.1, 0.15) is 49.0 Å². The molecular weight excluding hydrogens is 498 g/mol. The molecule has 0 spiro atoms. The first-order chi connectivity index (χ1) is 18.9. The van der Waals surface area contributed by atoms with Gasteiger partial charge in [0.05, 0.1) is 19.6 Å². The summed E-state index contributed by atoms with van der Waals surface area (Å²) >= 11 is 0. The first-order valence-corrected chi connectivity index (χ1v) is 13.3. The van der Waals surface area contributed by atoms with E-state index in [1.807, 2.05) is 54.3 Å². The summed E-state index contributed by atoms with van der Waals surface area (Å²) in [6.07, 6.45) is 3.36. The van der Waals surface area contributed by atoms with Crippen LogP contribution in [0.5, 0.6) is 0 Å². The third-order valence-corrected chi connectivity index (χ3v) is 6.93.